The van der Waals surface area contributed by atoms with Crippen LogP contribution >= 0.6 is 11.8 Å². The molecule has 1 aromatic heterocycles. The van der Waals surface area contributed by atoms with Crippen LogP contribution in [0.3, 0.4) is 0 Å². The molecule has 0 radical (unpaired) electrons. The molecule has 1 aliphatic heterocycles. The van der Waals surface area contributed by atoms with Crippen LogP contribution in [-0.2, 0) is 16.1 Å². The number of carbonyl (C=O) groups is 1. The van der Waals surface area contributed by atoms with Gasteiger partial charge in [-0.3, -0.25) is 9.69 Å². The lowest BCUT2D eigenvalue weighted by atomic mass is 9.89. The van der Waals surface area contributed by atoms with Crippen molar-refractivity contribution < 1.29 is 9.53 Å². The van der Waals surface area contributed by atoms with Gasteiger partial charge in [0.25, 0.3) is 0 Å². The molecular formula is C18H29N3O2S. The number of carbonyl (C=O) groups excluding carboxylic acids is 1. The van der Waals surface area contributed by atoms with E-state index in [2.05, 4.69) is 22.1 Å². The van der Waals surface area contributed by atoms with E-state index < -0.39 is 0 Å². The molecule has 1 amide bonds. The Bertz CT molecular complexity index is 557. The van der Waals surface area contributed by atoms with Crippen LogP contribution in [0.15, 0.2) is 17.2 Å². The van der Waals surface area contributed by atoms with Gasteiger partial charge in [0, 0.05) is 36.1 Å². The van der Waals surface area contributed by atoms with E-state index in [1.807, 2.05) is 33.0 Å². The highest BCUT2D eigenvalue weighted by molar-refractivity contribution is 7.99. The van der Waals surface area contributed by atoms with E-state index >= 15 is 0 Å². The lowest BCUT2D eigenvalue weighted by Gasteiger charge is -2.27. The van der Waals surface area contributed by atoms with Crippen LogP contribution in [0.4, 0.5) is 5.82 Å². The summed E-state index contributed by atoms with van der Waals surface area (Å²) in [4.78, 5) is 20.4. The molecule has 0 spiro atoms. The summed E-state index contributed by atoms with van der Waals surface area (Å²) in [5, 5.41) is 2.98. The molecule has 2 heterocycles. The number of anilines is 1. The van der Waals surface area contributed by atoms with Crippen LogP contribution in [-0.4, -0.2) is 47.8 Å². The van der Waals surface area contributed by atoms with E-state index in [0.717, 1.165) is 45.0 Å². The van der Waals surface area contributed by atoms with E-state index in [0.29, 0.717) is 5.82 Å². The quantitative estimate of drug-likeness (QED) is 0.763. The average molecular weight is 352 g/mol. The van der Waals surface area contributed by atoms with Crippen LogP contribution in [0.25, 0.3) is 0 Å². The molecule has 1 saturated heterocycles. The Morgan fingerprint density at radius 1 is 1.38 bits per heavy atom. The molecule has 0 saturated carbocycles. The van der Waals surface area contributed by atoms with Crippen LogP contribution in [0.2, 0.25) is 0 Å². The molecule has 2 rings (SSSR count). The van der Waals surface area contributed by atoms with E-state index in [4.69, 9.17) is 4.74 Å². The van der Waals surface area contributed by atoms with E-state index in [1.165, 1.54) is 10.5 Å². The number of thioether (sulfide) groups is 1. The molecule has 0 aliphatic carbocycles. The predicted octanol–water partition coefficient (Wildman–Crippen LogP) is 3.40. The van der Waals surface area contributed by atoms with Gasteiger partial charge in [-0.1, -0.05) is 27.7 Å². The van der Waals surface area contributed by atoms with Crippen LogP contribution in [0, 0.1) is 5.41 Å². The number of nitrogens with one attached hydrogen (secondary N) is 1. The van der Waals surface area contributed by atoms with E-state index in [-0.39, 0.29) is 11.3 Å². The Morgan fingerprint density at radius 3 is 2.71 bits per heavy atom. The highest BCUT2D eigenvalue weighted by Crippen LogP contribution is 2.27. The molecule has 134 valence electrons. The molecule has 0 unspecified atom stereocenters. The first kappa shape index (κ1) is 19.2. The lowest BCUT2D eigenvalue weighted by Crippen LogP contribution is -2.35. The van der Waals surface area contributed by atoms with Crippen molar-refractivity contribution in [2.24, 2.45) is 5.41 Å². The van der Waals surface area contributed by atoms with Gasteiger partial charge in [-0.2, -0.15) is 0 Å². The third kappa shape index (κ3) is 5.19. The first-order chi connectivity index (χ1) is 11.5. The number of pyridine rings is 1. The minimum atomic E-state index is -0.386. The van der Waals surface area contributed by atoms with Crippen molar-refractivity contribution in [3.63, 3.8) is 0 Å². The number of ether oxygens (including phenoxy) is 1. The first-order valence-electron chi connectivity index (χ1n) is 8.69. The third-order valence-electron chi connectivity index (χ3n) is 4.49. The SMILES string of the molecule is CCSc1cnc(NC(=O)C(C)(C)CC)cc1CN1CCOCC1. The van der Waals surface area contributed by atoms with Gasteiger partial charge in [-0.05, 0) is 23.8 Å². The molecule has 24 heavy (non-hydrogen) atoms. The Hall–Kier alpha value is -1.11. The molecular weight excluding hydrogens is 322 g/mol. The molecule has 1 aromatic rings. The topological polar surface area (TPSA) is 54.5 Å². The molecule has 1 N–H and O–H groups in total. The predicted molar refractivity (Wildman–Crippen MR) is 99.4 cm³/mol. The van der Waals surface area contributed by atoms with Crippen molar-refractivity contribution in [3.8, 4) is 0 Å². The zero-order chi connectivity index (χ0) is 17.6. The van der Waals surface area contributed by atoms with Crippen molar-refractivity contribution in [2.45, 2.75) is 45.6 Å². The van der Waals surface area contributed by atoms with E-state index in [9.17, 15) is 4.79 Å². The summed E-state index contributed by atoms with van der Waals surface area (Å²) in [6.07, 6.45) is 2.68. The van der Waals surface area contributed by atoms with Crippen LogP contribution in [0.1, 0.15) is 39.7 Å². The molecule has 0 bridgehead atoms. The fourth-order valence-corrected chi connectivity index (χ4v) is 3.16. The Kier molecular flexibility index (Phi) is 7.07. The highest BCUT2D eigenvalue weighted by atomic mass is 32.2. The van der Waals surface area contributed by atoms with Crippen molar-refractivity contribution >= 4 is 23.5 Å². The van der Waals surface area contributed by atoms with Gasteiger partial charge < -0.3 is 10.1 Å². The minimum Gasteiger partial charge on any atom is -0.379 e. The van der Waals surface area contributed by atoms with Crippen molar-refractivity contribution in [1.29, 1.82) is 0 Å². The van der Waals surface area contributed by atoms with Crippen LogP contribution < -0.4 is 5.32 Å². The fraction of sp³-hybridized carbons (Fsp3) is 0.667. The number of nitrogens with zero attached hydrogens (tertiary/aromatic N) is 2. The lowest BCUT2D eigenvalue weighted by molar-refractivity contribution is -0.124. The summed E-state index contributed by atoms with van der Waals surface area (Å²) in [5.41, 5.74) is 0.839. The van der Waals surface area contributed by atoms with Crippen molar-refractivity contribution in [2.75, 3.05) is 37.4 Å². The fourth-order valence-electron chi connectivity index (χ4n) is 2.41. The number of hydrogen-bond donors (Lipinski definition) is 1. The standard InChI is InChI=1S/C18H29N3O2S/c1-5-18(3,4)17(22)20-16-11-14(15(12-19-16)24-6-2)13-21-7-9-23-10-8-21/h11-12H,5-10,13H2,1-4H3,(H,19,20,22). The Morgan fingerprint density at radius 2 is 2.08 bits per heavy atom. The van der Waals surface area contributed by atoms with Gasteiger partial charge in [0.05, 0.1) is 13.2 Å². The van der Waals surface area contributed by atoms with Gasteiger partial charge >= 0.3 is 0 Å². The second kappa shape index (κ2) is 8.83. The molecule has 6 heteroatoms. The van der Waals surface area contributed by atoms with Gasteiger partial charge in [0.15, 0.2) is 0 Å². The summed E-state index contributed by atoms with van der Waals surface area (Å²) in [6.45, 7) is 12.4. The maximum Gasteiger partial charge on any atom is 0.231 e. The van der Waals surface area contributed by atoms with Gasteiger partial charge in [-0.25, -0.2) is 4.98 Å². The Labute approximate surface area is 149 Å². The second-order valence-electron chi connectivity index (χ2n) is 6.69. The third-order valence-corrected chi connectivity index (χ3v) is 5.45. The molecule has 1 fully saturated rings. The monoisotopic (exact) mass is 351 g/mol. The van der Waals surface area contributed by atoms with Gasteiger partial charge in [0.2, 0.25) is 5.91 Å². The molecule has 5 nitrogen and oxygen atoms in total. The normalized spacial score (nSPS) is 16.2. The van der Waals surface area contributed by atoms with Crippen molar-refractivity contribution in [1.82, 2.24) is 9.88 Å². The number of rotatable bonds is 7. The zero-order valence-corrected chi connectivity index (χ0v) is 16.0. The molecule has 0 atom stereocenters. The maximum absolute atomic E-state index is 12.4. The van der Waals surface area contributed by atoms with Gasteiger partial charge in [0.1, 0.15) is 5.82 Å². The first-order valence-corrected chi connectivity index (χ1v) is 9.68. The summed E-state index contributed by atoms with van der Waals surface area (Å²) in [6, 6.07) is 2.02. The number of hydrogen-bond acceptors (Lipinski definition) is 5. The Balaban J connectivity index is 2.15. The summed E-state index contributed by atoms with van der Waals surface area (Å²) in [7, 11) is 0. The summed E-state index contributed by atoms with van der Waals surface area (Å²) in [5.74, 6) is 1.67. The molecule has 0 aromatic carbocycles. The second-order valence-corrected chi connectivity index (χ2v) is 8.00. The van der Waals surface area contributed by atoms with Crippen LogP contribution in [0.5, 0.6) is 0 Å². The highest BCUT2D eigenvalue weighted by Gasteiger charge is 2.25. The smallest absolute Gasteiger partial charge is 0.231 e. The van der Waals surface area contributed by atoms with E-state index in [1.54, 1.807) is 11.8 Å². The molecule has 1 aliphatic rings. The van der Waals surface area contributed by atoms with Gasteiger partial charge in [-0.15, -0.1) is 11.8 Å². The number of aromatic nitrogens is 1. The summed E-state index contributed by atoms with van der Waals surface area (Å²) < 4.78 is 5.43. The van der Waals surface area contributed by atoms with Crippen molar-refractivity contribution in [3.05, 3.63) is 17.8 Å². The zero-order valence-electron chi connectivity index (χ0n) is 15.2. The average Bonchev–Trinajstić information content (AvgIpc) is 2.58. The maximum atomic E-state index is 12.4. The number of morpholine rings is 1. The largest absolute Gasteiger partial charge is 0.379 e. The minimum absolute atomic E-state index is 0.0192. The summed E-state index contributed by atoms with van der Waals surface area (Å²) >= 11 is 1.79. The number of amides is 1.